The summed E-state index contributed by atoms with van der Waals surface area (Å²) in [6.45, 7) is 2.97. The Morgan fingerprint density at radius 1 is 1.10 bits per heavy atom. The Morgan fingerprint density at radius 2 is 1.83 bits per heavy atom. The van der Waals surface area contributed by atoms with E-state index < -0.39 is 5.60 Å². The lowest BCUT2D eigenvalue weighted by atomic mass is 9.89. The number of benzene rings is 2. The smallest absolute Gasteiger partial charge is 0.257 e. The first-order chi connectivity index (χ1) is 14.5. The van der Waals surface area contributed by atoms with Crippen LogP contribution in [-0.4, -0.2) is 46.5 Å². The molecule has 30 heavy (non-hydrogen) atoms. The molecule has 0 aliphatic carbocycles. The molecule has 2 aromatic carbocycles. The van der Waals surface area contributed by atoms with E-state index in [1.807, 2.05) is 41.0 Å². The fourth-order valence-corrected chi connectivity index (χ4v) is 5.09. The monoisotopic (exact) mass is 408 g/mol. The van der Waals surface area contributed by atoms with Crippen LogP contribution in [0.1, 0.15) is 53.2 Å². The predicted molar refractivity (Wildman–Crippen MR) is 109 cm³/mol. The van der Waals surface area contributed by atoms with Gasteiger partial charge in [0.1, 0.15) is 12.0 Å². The van der Waals surface area contributed by atoms with Crippen molar-refractivity contribution < 1.29 is 18.7 Å². The van der Waals surface area contributed by atoms with Gasteiger partial charge >= 0.3 is 0 Å². The molecule has 3 aliphatic heterocycles. The molecule has 2 aromatic rings. The summed E-state index contributed by atoms with van der Waals surface area (Å²) < 4.78 is 19.6. The Morgan fingerprint density at radius 3 is 2.53 bits per heavy atom. The van der Waals surface area contributed by atoms with Crippen molar-refractivity contribution in [2.45, 2.75) is 50.5 Å². The molecule has 3 saturated heterocycles. The van der Waals surface area contributed by atoms with Crippen LogP contribution in [-0.2, 0) is 9.53 Å². The van der Waals surface area contributed by atoms with E-state index in [2.05, 4.69) is 0 Å². The summed E-state index contributed by atoms with van der Waals surface area (Å²) in [7, 11) is 0. The second-order valence-corrected chi connectivity index (χ2v) is 8.59. The van der Waals surface area contributed by atoms with Gasteiger partial charge in [-0.05, 0) is 49.6 Å². The second-order valence-electron chi connectivity index (χ2n) is 8.59. The molecule has 0 N–H and O–H groups in total. The summed E-state index contributed by atoms with van der Waals surface area (Å²) in [6, 6.07) is 13.9. The maximum Gasteiger partial charge on any atom is 0.257 e. The van der Waals surface area contributed by atoms with Crippen molar-refractivity contribution in [3.63, 3.8) is 0 Å². The van der Waals surface area contributed by atoms with Crippen molar-refractivity contribution in [1.29, 1.82) is 0 Å². The van der Waals surface area contributed by atoms with E-state index >= 15 is 0 Å². The van der Waals surface area contributed by atoms with Crippen LogP contribution in [0.2, 0.25) is 0 Å². The van der Waals surface area contributed by atoms with Gasteiger partial charge in [0.15, 0.2) is 5.60 Å². The fourth-order valence-electron chi connectivity index (χ4n) is 5.09. The summed E-state index contributed by atoms with van der Waals surface area (Å²) in [4.78, 5) is 30.0. The molecule has 0 saturated carbocycles. The molecule has 3 heterocycles. The molecule has 2 amide bonds. The number of carbonyl (C=O) groups excluding carboxylic acids is 2. The van der Waals surface area contributed by atoms with Crippen LogP contribution in [0.3, 0.4) is 0 Å². The third-order valence-electron chi connectivity index (χ3n) is 6.70. The van der Waals surface area contributed by atoms with E-state index in [1.165, 1.54) is 12.1 Å². The molecule has 0 bridgehead atoms. The van der Waals surface area contributed by atoms with Crippen LogP contribution >= 0.6 is 0 Å². The van der Waals surface area contributed by atoms with Crippen molar-refractivity contribution >= 4 is 11.8 Å². The van der Waals surface area contributed by atoms with Gasteiger partial charge in [0.25, 0.3) is 11.8 Å². The number of nitrogens with zero attached hydrogens (tertiary/aromatic N) is 2. The SMILES string of the molecule is Cc1cccc(C(=O)N2CCC3(CC2)O[C@@H]2CC[C@@H](c4ccc(F)cc4)N2C3=O)c1. The summed E-state index contributed by atoms with van der Waals surface area (Å²) >= 11 is 0. The molecular weight excluding hydrogens is 383 g/mol. The minimum absolute atomic E-state index is 0.00341. The van der Waals surface area contributed by atoms with Crippen molar-refractivity contribution in [2.75, 3.05) is 13.1 Å². The van der Waals surface area contributed by atoms with E-state index in [4.69, 9.17) is 4.74 Å². The van der Waals surface area contributed by atoms with Crippen LogP contribution in [0.15, 0.2) is 48.5 Å². The van der Waals surface area contributed by atoms with Gasteiger partial charge in [0.2, 0.25) is 0 Å². The average molecular weight is 408 g/mol. The quantitative estimate of drug-likeness (QED) is 0.759. The third-order valence-corrected chi connectivity index (χ3v) is 6.70. The highest BCUT2D eigenvalue weighted by Gasteiger charge is 2.58. The molecule has 6 heteroatoms. The number of aryl methyl sites for hydroxylation is 1. The van der Waals surface area contributed by atoms with Gasteiger partial charge in [0.05, 0.1) is 6.04 Å². The molecule has 0 aromatic heterocycles. The highest BCUT2D eigenvalue weighted by atomic mass is 19.1. The summed E-state index contributed by atoms with van der Waals surface area (Å²) in [5.41, 5.74) is 1.84. The van der Waals surface area contributed by atoms with E-state index in [0.29, 0.717) is 31.5 Å². The lowest BCUT2D eigenvalue weighted by molar-refractivity contribution is -0.142. The van der Waals surface area contributed by atoms with Gasteiger partial charge in [-0.1, -0.05) is 29.8 Å². The molecular formula is C24H25FN2O3. The number of ether oxygens (including phenoxy) is 1. The number of hydrogen-bond acceptors (Lipinski definition) is 3. The van der Waals surface area contributed by atoms with Gasteiger partial charge < -0.3 is 14.5 Å². The molecule has 0 unspecified atom stereocenters. The normalized spacial score (nSPS) is 25.1. The molecule has 5 nitrogen and oxygen atoms in total. The lowest BCUT2D eigenvalue weighted by Gasteiger charge is -2.37. The average Bonchev–Trinajstić information content (AvgIpc) is 3.27. The Bertz CT molecular complexity index is 982. The first kappa shape index (κ1) is 19.2. The number of hydrogen-bond donors (Lipinski definition) is 0. The zero-order valence-electron chi connectivity index (χ0n) is 17.0. The van der Waals surface area contributed by atoms with Crippen LogP contribution in [0.5, 0.6) is 0 Å². The number of piperidine rings is 1. The maximum atomic E-state index is 13.4. The zero-order chi connectivity index (χ0) is 20.9. The summed E-state index contributed by atoms with van der Waals surface area (Å²) in [5.74, 6) is -0.259. The van der Waals surface area contributed by atoms with E-state index in [-0.39, 0.29) is 29.9 Å². The van der Waals surface area contributed by atoms with E-state index in [0.717, 1.165) is 24.0 Å². The van der Waals surface area contributed by atoms with Gasteiger partial charge in [0, 0.05) is 31.5 Å². The molecule has 0 radical (unpaired) electrons. The molecule has 5 rings (SSSR count). The first-order valence-corrected chi connectivity index (χ1v) is 10.6. The highest BCUT2D eigenvalue weighted by Crippen LogP contribution is 2.47. The fraction of sp³-hybridized carbons (Fsp3) is 0.417. The third kappa shape index (κ3) is 3.10. The molecule has 156 valence electrons. The van der Waals surface area contributed by atoms with Crippen LogP contribution < -0.4 is 0 Å². The van der Waals surface area contributed by atoms with Crippen molar-refractivity contribution in [2.24, 2.45) is 0 Å². The number of likely N-dealkylation sites (tertiary alicyclic amines) is 1. The zero-order valence-corrected chi connectivity index (χ0v) is 17.0. The Kier molecular flexibility index (Phi) is 4.62. The Balaban J connectivity index is 1.30. The Hall–Kier alpha value is -2.73. The van der Waals surface area contributed by atoms with Crippen molar-refractivity contribution in [1.82, 2.24) is 9.80 Å². The van der Waals surface area contributed by atoms with Gasteiger partial charge in [-0.25, -0.2) is 4.39 Å². The van der Waals surface area contributed by atoms with Crippen molar-refractivity contribution in [3.05, 3.63) is 71.0 Å². The molecule has 3 aliphatic rings. The van der Waals surface area contributed by atoms with Gasteiger partial charge in [-0.15, -0.1) is 0 Å². The first-order valence-electron chi connectivity index (χ1n) is 10.6. The minimum Gasteiger partial charge on any atom is -0.342 e. The second kappa shape index (κ2) is 7.20. The Labute approximate surface area is 175 Å². The van der Waals surface area contributed by atoms with Crippen LogP contribution in [0.25, 0.3) is 0 Å². The highest BCUT2D eigenvalue weighted by molar-refractivity contribution is 5.95. The number of halogens is 1. The van der Waals surface area contributed by atoms with E-state index in [1.54, 1.807) is 12.1 Å². The number of fused-ring (bicyclic) bond motifs is 1. The largest absolute Gasteiger partial charge is 0.342 e. The van der Waals surface area contributed by atoms with Crippen LogP contribution in [0, 0.1) is 12.7 Å². The lowest BCUT2D eigenvalue weighted by Crippen LogP contribution is -2.51. The number of carbonyl (C=O) groups is 2. The molecule has 3 fully saturated rings. The number of rotatable bonds is 2. The molecule has 1 spiro atoms. The van der Waals surface area contributed by atoms with Gasteiger partial charge in [-0.3, -0.25) is 9.59 Å². The minimum atomic E-state index is -0.841. The van der Waals surface area contributed by atoms with E-state index in [9.17, 15) is 14.0 Å². The predicted octanol–water partition coefficient (Wildman–Crippen LogP) is 3.83. The summed E-state index contributed by atoms with van der Waals surface area (Å²) in [5, 5.41) is 0. The standard InChI is InChI=1S/C24H25FN2O3/c1-16-3-2-4-18(15-16)22(28)26-13-11-24(12-14-26)23(29)27-20(9-10-21(27)30-24)17-5-7-19(25)8-6-17/h2-8,15,20-21H,9-14H2,1H3/t20-,21+/m0/s1. The summed E-state index contributed by atoms with van der Waals surface area (Å²) in [6.07, 6.45) is 2.38. The maximum absolute atomic E-state index is 13.4. The van der Waals surface area contributed by atoms with Crippen LogP contribution in [0.4, 0.5) is 4.39 Å². The van der Waals surface area contributed by atoms with Gasteiger partial charge in [-0.2, -0.15) is 0 Å². The number of amides is 2. The molecule has 2 atom stereocenters. The topological polar surface area (TPSA) is 49.9 Å². The van der Waals surface area contributed by atoms with Crippen molar-refractivity contribution in [3.8, 4) is 0 Å².